The zero-order valence-corrected chi connectivity index (χ0v) is 25.7. The summed E-state index contributed by atoms with van der Waals surface area (Å²) in [5, 5.41) is 10.9. The van der Waals surface area contributed by atoms with Crippen molar-refractivity contribution >= 4 is 35.5 Å². The summed E-state index contributed by atoms with van der Waals surface area (Å²) in [5.74, 6) is 1.30. The molecule has 0 bridgehead atoms. The van der Waals surface area contributed by atoms with Crippen LogP contribution in [0.1, 0.15) is 38.3 Å². The second-order valence-corrected chi connectivity index (χ2v) is 12.7. The number of ether oxygens (including phenoxy) is 3. The van der Waals surface area contributed by atoms with Gasteiger partial charge in [-0.3, -0.25) is 19.8 Å². The van der Waals surface area contributed by atoms with Gasteiger partial charge in [0.05, 0.1) is 12.0 Å². The van der Waals surface area contributed by atoms with Crippen molar-refractivity contribution in [2.45, 2.75) is 56.4 Å². The lowest BCUT2D eigenvalue weighted by molar-refractivity contribution is -0.384. The first-order valence-electron chi connectivity index (χ1n) is 14.1. The lowest BCUT2D eigenvalue weighted by Gasteiger charge is -2.37. The van der Waals surface area contributed by atoms with Crippen LogP contribution in [0, 0.1) is 10.1 Å². The Balaban J connectivity index is 1.40. The molecule has 0 spiro atoms. The number of carbonyl (C=O) groups is 3. The molecule has 2 aliphatic rings. The fourth-order valence-corrected chi connectivity index (χ4v) is 6.08. The number of nitrogens with zero attached hydrogens (tertiary/aromatic N) is 4. The van der Waals surface area contributed by atoms with E-state index in [1.54, 1.807) is 28.7 Å². The standard InChI is InChI=1S/C30H38N4O8S/c1-30(2,3)42-28(36)32-15-13-31(14-16-32)27(35)26-17-25(43-20-22-7-11-24(40-4)12-8-22)18-33(26)29(37)41-19-21-5-9-23(10-6-21)34(38)39/h5-12,25-26H,13-20H2,1-4H3/t25-,26-/m0/s1. The van der Waals surface area contributed by atoms with Crippen molar-refractivity contribution in [2.24, 2.45) is 0 Å². The van der Waals surface area contributed by atoms with Crippen LogP contribution in [-0.2, 0) is 26.6 Å². The minimum Gasteiger partial charge on any atom is -0.497 e. The van der Waals surface area contributed by atoms with Crippen LogP contribution in [0.5, 0.6) is 5.75 Å². The molecule has 2 fully saturated rings. The van der Waals surface area contributed by atoms with Crippen molar-refractivity contribution < 1.29 is 33.5 Å². The van der Waals surface area contributed by atoms with Gasteiger partial charge in [-0.2, -0.15) is 11.8 Å². The fraction of sp³-hybridized carbons (Fsp3) is 0.500. The van der Waals surface area contributed by atoms with Crippen LogP contribution in [0.15, 0.2) is 48.5 Å². The van der Waals surface area contributed by atoms with Crippen molar-refractivity contribution in [1.29, 1.82) is 0 Å². The Hall–Kier alpha value is -4.00. The lowest BCUT2D eigenvalue weighted by atomic mass is 10.1. The van der Waals surface area contributed by atoms with Crippen LogP contribution in [0.25, 0.3) is 0 Å². The third kappa shape index (κ3) is 8.76. The van der Waals surface area contributed by atoms with Crippen LogP contribution in [-0.4, -0.2) is 94.4 Å². The van der Waals surface area contributed by atoms with Gasteiger partial charge in [0.15, 0.2) is 0 Å². The summed E-state index contributed by atoms with van der Waals surface area (Å²) in [6.07, 6.45) is -0.554. The number of hydrogen-bond donors (Lipinski definition) is 0. The largest absolute Gasteiger partial charge is 0.497 e. The van der Waals surface area contributed by atoms with Crippen molar-refractivity contribution in [3.8, 4) is 5.75 Å². The molecule has 2 atom stereocenters. The first-order chi connectivity index (χ1) is 20.4. The van der Waals surface area contributed by atoms with Gasteiger partial charge in [0.1, 0.15) is 24.0 Å². The summed E-state index contributed by atoms with van der Waals surface area (Å²) in [7, 11) is 1.62. The maximum Gasteiger partial charge on any atom is 0.410 e. The van der Waals surface area contributed by atoms with Gasteiger partial charge in [-0.05, 0) is 62.6 Å². The Morgan fingerprint density at radius 1 is 0.930 bits per heavy atom. The Morgan fingerprint density at radius 3 is 2.12 bits per heavy atom. The number of likely N-dealkylation sites (tertiary alicyclic amines) is 1. The molecular weight excluding hydrogens is 576 g/mol. The second-order valence-electron chi connectivity index (χ2n) is 11.5. The van der Waals surface area contributed by atoms with E-state index in [0.717, 1.165) is 11.3 Å². The van der Waals surface area contributed by atoms with Crippen LogP contribution in [0.2, 0.25) is 0 Å². The van der Waals surface area contributed by atoms with Crippen LogP contribution >= 0.6 is 11.8 Å². The Morgan fingerprint density at radius 2 is 1.53 bits per heavy atom. The molecule has 232 valence electrons. The molecule has 2 saturated heterocycles. The molecule has 13 heteroatoms. The molecule has 4 rings (SSSR count). The number of nitro groups is 1. The molecule has 0 unspecified atom stereocenters. The van der Waals surface area contributed by atoms with Crippen molar-refractivity contribution in [1.82, 2.24) is 14.7 Å². The topological polar surface area (TPSA) is 132 Å². The molecule has 0 N–H and O–H groups in total. The first kappa shape index (κ1) is 31.9. The molecule has 2 aromatic rings. The van der Waals surface area contributed by atoms with E-state index in [2.05, 4.69) is 0 Å². The highest BCUT2D eigenvalue weighted by molar-refractivity contribution is 7.99. The van der Waals surface area contributed by atoms with E-state index in [1.807, 2.05) is 45.0 Å². The number of thioether (sulfide) groups is 1. The summed E-state index contributed by atoms with van der Waals surface area (Å²) in [6.45, 7) is 7.05. The Bertz CT molecular complexity index is 1290. The van der Waals surface area contributed by atoms with Gasteiger partial charge in [-0.1, -0.05) is 12.1 Å². The Kier molecular flexibility index (Phi) is 10.4. The molecule has 12 nitrogen and oxygen atoms in total. The monoisotopic (exact) mass is 614 g/mol. The molecule has 0 aromatic heterocycles. The van der Waals surface area contributed by atoms with E-state index < -0.39 is 28.8 Å². The summed E-state index contributed by atoms with van der Waals surface area (Å²) in [5.41, 5.74) is 1.04. The Labute approximate surface area is 255 Å². The summed E-state index contributed by atoms with van der Waals surface area (Å²) in [6, 6.07) is 12.9. The van der Waals surface area contributed by atoms with Crippen LogP contribution < -0.4 is 4.74 Å². The summed E-state index contributed by atoms with van der Waals surface area (Å²) in [4.78, 5) is 54.7. The van der Waals surface area contributed by atoms with E-state index in [-0.39, 0.29) is 23.5 Å². The fourth-order valence-electron chi connectivity index (χ4n) is 4.88. The zero-order chi connectivity index (χ0) is 31.1. The van der Waals surface area contributed by atoms with Gasteiger partial charge < -0.3 is 24.0 Å². The lowest BCUT2D eigenvalue weighted by Crippen LogP contribution is -2.55. The summed E-state index contributed by atoms with van der Waals surface area (Å²) >= 11 is 1.67. The number of methoxy groups -OCH3 is 1. The van der Waals surface area contributed by atoms with Crippen molar-refractivity contribution in [3.05, 3.63) is 69.8 Å². The van der Waals surface area contributed by atoms with Gasteiger partial charge in [-0.25, -0.2) is 9.59 Å². The molecular formula is C30H38N4O8S. The van der Waals surface area contributed by atoms with Crippen LogP contribution in [0.4, 0.5) is 15.3 Å². The zero-order valence-electron chi connectivity index (χ0n) is 24.9. The second kappa shape index (κ2) is 14.0. The van der Waals surface area contributed by atoms with Gasteiger partial charge in [-0.15, -0.1) is 0 Å². The van der Waals surface area contributed by atoms with Gasteiger partial charge in [0.25, 0.3) is 5.69 Å². The minimum absolute atomic E-state index is 0.00558. The van der Waals surface area contributed by atoms with Crippen molar-refractivity contribution in [2.75, 3.05) is 39.8 Å². The maximum absolute atomic E-state index is 13.7. The molecule has 0 saturated carbocycles. The molecule has 43 heavy (non-hydrogen) atoms. The maximum atomic E-state index is 13.7. The van der Waals surface area contributed by atoms with E-state index in [9.17, 15) is 24.5 Å². The average Bonchev–Trinajstić information content (AvgIpc) is 3.42. The average molecular weight is 615 g/mol. The quantitative estimate of drug-likeness (QED) is 0.307. The third-order valence-electron chi connectivity index (χ3n) is 7.18. The number of hydrogen-bond acceptors (Lipinski definition) is 9. The van der Waals surface area contributed by atoms with E-state index in [0.29, 0.717) is 50.5 Å². The molecule has 2 heterocycles. The number of rotatable bonds is 8. The highest BCUT2D eigenvalue weighted by Crippen LogP contribution is 2.32. The van der Waals surface area contributed by atoms with Gasteiger partial charge in [0.2, 0.25) is 5.91 Å². The molecule has 0 radical (unpaired) electrons. The highest BCUT2D eigenvalue weighted by atomic mass is 32.2. The van der Waals surface area contributed by atoms with E-state index in [1.165, 1.54) is 29.2 Å². The summed E-state index contributed by atoms with van der Waals surface area (Å²) < 4.78 is 16.3. The van der Waals surface area contributed by atoms with Crippen molar-refractivity contribution in [3.63, 3.8) is 0 Å². The van der Waals surface area contributed by atoms with E-state index >= 15 is 0 Å². The number of carbonyl (C=O) groups excluding carboxylic acids is 3. The SMILES string of the molecule is COc1ccc(CS[C@H]2C[C@@H](C(=O)N3CCN(C(=O)OC(C)(C)C)CC3)N(C(=O)OCc3ccc([N+](=O)[O-])cc3)C2)cc1. The number of amides is 3. The molecule has 0 aliphatic carbocycles. The number of benzene rings is 2. The number of non-ortho nitro benzene ring substituents is 1. The number of piperazine rings is 1. The smallest absolute Gasteiger partial charge is 0.410 e. The predicted molar refractivity (Wildman–Crippen MR) is 161 cm³/mol. The minimum atomic E-state index is -0.703. The molecule has 3 amide bonds. The van der Waals surface area contributed by atoms with E-state index in [4.69, 9.17) is 14.2 Å². The van der Waals surface area contributed by atoms with Gasteiger partial charge in [0, 0.05) is 55.9 Å². The van der Waals surface area contributed by atoms with Crippen LogP contribution in [0.3, 0.4) is 0 Å². The highest BCUT2D eigenvalue weighted by Gasteiger charge is 2.43. The van der Waals surface area contributed by atoms with Gasteiger partial charge >= 0.3 is 12.2 Å². The molecule has 2 aliphatic heterocycles. The first-order valence-corrected chi connectivity index (χ1v) is 15.2. The normalized spacial score (nSPS) is 18.7. The number of nitro benzene ring substituents is 1. The molecule has 2 aromatic carbocycles. The predicted octanol–water partition coefficient (Wildman–Crippen LogP) is 4.70. The third-order valence-corrected chi connectivity index (χ3v) is 8.49.